The molecule has 0 amide bonds. The maximum Gasteiger partial charge on any atom is 0.335 e. The molecule has 1 aromatic heterocycles. The summed E-state index contributed by atoms with van der Waals surface area (Å²) in [6.07, 6.45) is 0. The maximum absolute atomic E-state index is 10.9. The number of hydrogen-bond donors (Lipinski definition) is 1. The highest BCUT2D eigenvalue weighted by Gasteiger charge is 2.14. The van der Waals surface area contributed by atoms with Crippen molar-refractivity contribution in [1.29, 1.82) is 0 Å². The van der Waals surface area contributed by atoms with Crippen molar-refractivity contribution in [3.63, 3.8) is 0 Å². The van der Waals surface area contributed by atoms with Gasteiger partial charge in [-0.15, -0.1) is 0 Å². The van der Waals surface area contributed by atoms with E-state index in [4.69, 9.17) is 9.52 Å². The first kappa shape index (κ1) is 13.0. The van der Waals surface area contributed by atoms with E-state index in [9.17, 15) is 4.79 Å². The van der Waals surface area contributed by atoms with Gasteiger partial charge in [0.25, 0.3) is 5.22 Å². The maximum atomic E-state index is 10.9. The Hall–Kier alpha value is -1.49. The van der Waals surface area contributed by atoms with Gasteiger partial charge in [-0.2, -0.15) is 0 Å². The van der Waals surface area contributed by atoms with Crippen LogP contribution in [0.3, 0.4) is 0 Å². The van der Waals surface area contributed by atoms with E-state index in [2.05, 4.69) is 25.8 Å². The van der Waals surface area contributed by atoms with Crippen LogP contribution in [0.15, 0.2) is 27.8 Å². The van der Waals surface area contributed by atoms with E-state index in [1.165, 1.54) is 12.1 Å². The van der Waals surface area contributed by atoms with E-state index in [1.807, 2.05) is 0 Å². The average Bonchev–Trinajstić information content (AvgIpc) is 2.69. The SMILES string of the molecule is CC(C)C(C)Sc1nc2ccc(C(=O)O)cc2o1. The summed E-state index contributed by atoms with van der Waals surface area (Å²) in [6.45, 7) is 6.40. The fourth-order valence-electron chi connectivity index (χ4n) is 1.38. The Morgan fingerprint density at radius 1 is 1.39 bits per heavy atom. The zero-order chi connectivity index (χ0) is 13.3. The summed E-state index contributed by atoms with van der Waals surface area (Å²) >= 11 is 1.57. The van der Waals surface area contributed by atoms with Crippen molar-refractivity contribution in [2.75, 3.05) is 0 Å². The van der Waals surface area contributed by atoms with Crippen molar-refractivity contribution >= 4 is 28.8 Å². The lowest BCUT2D eigenvalue weighted by atomic mass is 10.2. The smallest absolute Gasteiger partial charge is 0.335 e. The molecule has 0 aliphatic heterocycles. The van der Waals surface area contributed by atoms with E-state index in [-0.39, 0.29) is 5.56 Å². The number of aromatic carboxylic acids is 1. The monoisotopic (exact) mass is 265 g/mol. The summed E-state index contributed by atoms with van der Waals surface area (Å²) in [5.41, 5.74) is 1.43. The highest BCUT2D eigenvalue weighted by atomic mass is 32.2. The molecule has 0 fully saturated rings. The Balaban J connectivity index is 2.30. The minimum absolute atomic E-state index is 0.215. The molecular formula is C13H15NO3S. The number of benzene rings is 1. The highest BCUT2D eigenvalue weighted by molar-refractivity contribution is 7.99. The predicted molar refractivity (Wildman–Crippen MR) is 71.1 cm³/mol. The lowest BCUT2D eigenvalue weighted by Gasteiger charge is -2.11. The summed E-state index contributed by atoms with van der Waals surface area (Å²) in [4.78, 5) is 15.2. The Morgan fingerprint density at radius 2 is 2.11 bits per heavy atom. The molecule has 1 unspecified atom stereocenters. The van der Waals surface area contributed by atoms with Gasteiger partial charge in [-0.05, 0) is 24.1 Å². The summed E-state index contributed by atoms with van der Waals surface area (Å²) < 4.78 is 5.57. The van der Waals surface area contributed by atoms with Gasteiger partial charge in [-0.3, -0.25) is 0 Å². The summed E-state index contributed by atoms with van der Waals surface area (Å²) in [6, 6.07) is 4.72. The van der Waals surface area contributed by atoms with Crippen molar-refractivity contribution in [2.24, 2.45) is 5.92 Å². The molecule has 0 bridgehead atoms. The number of aromatic nitrogens is 1. The van der Waals surface area contributed by atoms with Crippen molar-refractivity contribution in [3.8, 4) is 0 Å². The van der Waals surface area contributed by atoms with Crippen molar-refractivity contribution in [3.05, 3.63) is 23.8 Å². The number of carboxylic acids is 1. The second-order valence-corrected chi connectivity index (χ2v) is 5.86. The first-order valence-corrected chi connectivity index (χ1v) is 6.66. The Morgan fingerprint density at radius 3 is 2.72 bits per heavy atom. The normalized spacial score (nSPS) is 13.1. The van der Waals surface area contributed by atoms with Crippen LogP contribution < -0.4 is 0 Å². The van der Waals surface area contributed by atoms with Crippen LogP contribution in [0.4, 0.5) is 0 Å². The van der Waals surface area contributed by atoms with Gasteiger partial charge in [0.15, 0.2) is 5.58 Å². The second-order valence-electron chi connectivity index (χ2n) is 4.53. The fourth-order valence-corrected chi connectivity index (χ4v) is 2.26. The third-order valence-corrected chi connectivity index (χ3v) is 4.13. The molecule has 0 spiro atoms. The first-order valence-electron chi connectivity index (χ1n) is 5.78. The van der Waals surface area contributed by atoms with Gasteiger partial charge in [0.05, 0.1) is 5.56 Å². The molecule has 2 rings (SSSR count). The number of oxazole rings is 1. The van der Waals surface area contributed by atoms with Gasteiger partial charge >= 0.3 is 5.97 Å². The molecule has 0 aliphatic carbocycles. The van der Waals surface area contributed by atoms with Crippen molar-refractivity contribution in [1.82, 2.24) is 4.98 Å². The van der Waals surface area contributed by atoms with Gasteiger partial charge < -0.3 is 9.52 Å². The van der Waals surface area contributed by atoms with E-state index in [1.54, 1.807) is 17.8 Å². The molecule has 2 aromatic rings. The first-order chi connectivity index (χ1) is 8.47. The number of carbonyl (C=O) groups is 1. The van der Waals surface area contributed by atoms with Crippen LogP contribution in [0.5, 0.6) is 0 Å². The summed E-state index contributed by atoms with van der Waals surface area (Å²) in [5.74, 6) is -0.433. The number of carboxylic acid groups (broad SMARTS) is 1. The molecule has 0 aliphatic rings. The number of thioether (sulfide) groups is 1. The van der Waals surface area contributed by atoms with Gasteiger partial charge in [0, 0.05) is 5.25 Å². The predicted octanol–water partition coefficient (Wildman–Crippen LogP) is 3.66. The van der Waals surface area contributed by atoms with E-state index in [0.29, 0.717) is 27.5 Å². The zero-order valence-corrected chi connectivity index (χ0v) is 11.3. The molecule has 5 heteroatoms. The van der Waals surface area contributed by atoms with Crippen molar-refractivity contribution in [2.45, 2.75) is 31.2 Å². The molecule has 1 heterocycles. The van der Waals surface area contributed by atoms with Crippen LogP contribution in [0.2, 0.25) is 0 Å². The Bertz CT molecular complexity index is 577. The topological polar surface area (TPSA) is 63.3 Å². The van der Waals surface area contributed by atoms with E-state index in [0.717, 1.165) is 0 Å². The van der Waals surface area contributed by atoms with E-state index < -0.39 is 5.97 Å². The lowest BCUT2D eigenvalue weighted by molar-refractivity contribution is 0.0697. The van der Waals surface area contributed by atoms with Crippen LogP contribution >= 0.6 is 11.8 Å². The summed E-state index contributed by atoms with van der Waals surface area (Å²) in [5, 5.41) is 9.89. The molecule has 0 saturated heterocycles. The molecule has 96 valence electrons. The molecule has 0 saturated carbocycles. The molecule has 4 nitrogen and oxygen atoms in total. The van der Waals surface area contributed by atoms with Crippen LogP contribution in [0.1, 0.15) is 31.1 Å². The highest BCUT2D eigenvalue weighted by Crippen LogP contribution is 2.30. The van der Waals surface area contributed by atoms with Crippen LogP contribution in [0, 0.1) is 5.92 Å². The van der Waals surface area contributed by atoms with Crippen molar-refractivity contribution < 1.29 is 14.3 Å². The number of hydrogen-bond acceptors (Lipinski definition) is 4. The number of nitrogens with zero attached hydrogens (tertiary/aromatic N) is 1. The second kappa shape index (κ2) is 5.02. The molecular weight excluding hydrogens is 250 g/mol. The average molecular weight is 265 g/mol. The summed E-state index contributed by atoms with van der Waals surface area (Å²) in [7, 11) is 0. The number of rotatable bonds is 4. The minimum atomic E-state index is -0.960. The van der Waals surface area contributed by atoms with E-state index >= 15 is 0 Å². The third-order valence-electron chi connectivity index (χ3n) is 2.84. The Labute approximate surface area is 109 Å². The fraction of sp³-hybridized carbons (Fsp3) is 0.385. The Kier molecular flexibility index (Phi) is 3.61. The third kappa shape index (κ3) is 2.67. The van der Waals surface area contributed by atoms with Crippen LogP contribution in [-0.2, 0) is 0 Å². The van der Waals surface area contributed by atoms with Crippen LogP contribution in [0.25, 0.3) is 11.1 Å². The quantitative estimate of drug-likeness (QED) is 0.855. The van der Waals surface area contributed by atoms with Gasteiger partial charge in [0.1, 0.15) is 5.52 Å². The largest absolute Gasteiger partial charge is 0.478 e. The van der Waals surface area contributed by atoms with Gasteiger partial charge in [-0.1, -0.05) is 32.5 Å². The molecule has 18 heavy (non-hydrogen) atoms. The molecule has 0 radical (unpaired) electrons. The minimum Gasteiger partial charge on any atom is -0.478 e. The molecule has 1 N–H and O–H groups in total. The zero-order valence-electron chi connectivity index (χ0n) is 10.5. The lowest BCUT2D eigenvalue weighted by Crippen LogP contribution is -2.04. The van der Waals surface area contributed by atoms with Gasteiger partial charge in [-0.25, -0.2) is 9.78 Å². The van der Waals surface area contributed by atoms with Gasteiger partial charge in [0.2, 0.25) is 0 Å². The molecule has 1 aromatic carbocycles. The molecule has 1 atom stereocenters. The van der Waals surface area contributed by atoms with Crippen LogP contribution in [-0.4, -0.2) is 21.3 Å². The number of fused-ring (bicyclic) bond motifs is 1. The standard InChI is InChI=1S/C13H15NO3S/c1-7(2)8(3)18-13-14-10-5-4-9(12(15)16)6-11(10)17-13/h4-8H,1-3H3,(H,15,16).